The molecule has 1 heterocycles. The van der Waals surface area contributed by atoms with Gasteiger partial charge in [0.25, 0.3) is 0 Å². The fraction of sp³-hybridized carbons (Fsp3) is 0.667. The Balaban J connectivity index is 1.81. The third-order valence-electron chi connectivity index (χ3n) is 5.13. The van der Waals surface area contributed by atoms with E-state index in [0.717, 1.165) is 25.9 Å². The van der Waals surface area contributed by atoms with Gasteiger partial charge in [-0.1, -0.05) is 49.6 Å². The van der Waals surface area contributed by atoms with Gasteiger partial charge in [-0.2, -0.15) is 0 Å². The molecule has 0 aromatic heterocycles. The van der Waals surface area contributed by atoms with E-state index in [4.69, 9.17) is 4.74 Å². The van der Waals surface area contributed by atoms with Gasteiger partial charge in [0.05, 0.1) is 18.3 Å². The average Bonchev–Trinajstić information content (AvgIpc) is 2.57. The normalized spacial score (nSPS) is 27.2. The zero-order valence-electron chi connectivity index (χ0n) is 12.8. The highest BCUT2D eigenvalue weighted by Gasteiger charge is 2.45. The highest BCUT2D eigenvalue weighted by molar-refractivity contribution is 5.19. The lowest BCUT2D eigenvalue weighted by atomic mass is 9.71. The number of aliphatic hydroxyl groups is 1. The number of ether oxygens (including phenoxy) is 1. The fourth-order valence-corrected chi connectivity index (χ4v) is 3.93. The summed E-state index contributed by atoms with van der Waals surface area (Å²) in [7, 11) is 0. The van der Waals surface area contributed by atoms with E-state index in [9.17, 15) is 5.11 Å². The van der Waals surface area contributed by atoms with Crippen LogP contribution < -0.4 is 5.32 Å². The summed E-state index contributed by atoms with van der Waals surface area (Å²) < 4.78 is 5.96. The van der Waals surface area contributed by atoms with Gasteiger partial charge < -0.3 is 15.2 Å². The van der Waals surface area contributed by atoms with Crippen LogP contribution in [0, 0.1) is 5.92 Å². The van der Waals surface area contributed by atoms with Gasteiger partial charge in [-0.05, 0) is 24.3 Å². The first-order chi connectivity index (χ1) is 10.3. The van der Waals surface area contributed by atoms with Crippen LogP contribution in [0.25, 0.3) is 0 Å². The molecular formula is C18H27NO2. The second-order valence-corrected chi connectivity index (χ2v) is 6.55. The van der Waals surface area contributed by atoms with Gasteiger partial charge in [0, 0.05) is 19.5 Å². The Morgan fingerprint density at radius 3 is 2.57 bits per heavy atom. The Labute approximate surface area is 127 Å². The lowest BCUT2D eigenvalue weighted by molar-refractivity contribution is -0.154. The van der Waals surface area contributed by atoms with E-state index in [0.29, 0.717) is 18.9 Å². The lowest BCUT2D eigenvalue weighted by Gasteiger charge is -2.45. The molecule has 1 aromatic rings. The largest absolute Gasteiger partial charge is 0.386 e. The predicted molar refractivity (Wildman–Crippen MR) is 84.3 cm³/mol. The molecule has 3 nitrogen and oxygen atoms in total. The Hall–Kier alpha value is -0.900. The number of benzene rings is 1. The van der Waals surface area contributed by atoms with Gasteiger partial charge >= 0.3 is 0 Å². The van der Waals surface area contributed by atoms with E-state index >= 15 is 0 Å². The molecule has 1 aromatic carbocycles. The third-order valence-corrected chi connectivity index (χ3v) is 5.13. The Bertz CT molecular complexity index is 404. The van der Waals surface area contributed by atoms with Crippen LogP contribution in [-0.4, -0.2) is 36.5 Å². The molecule has 2 N–H and O–H groups in total. The quantitative estimate of drug-likeness (QED) is 0.895. The average molecular weight is 289 g/mol. The number of morpholine rings is 1. The van der Waals surface area contributed by atoms with E-state index in [1.807, 2.05) is 6.07 Å². The molecule has 1 aliphatic heterocycles. The molecule has 0 amide bonds. The van der Waals surface area contributed by atoms with Crippen LogP contribution in [0.15, 0.2) is 30.3 Å². The number of hydrogen-bond acceptors (Lipinski definition) is 3. The second-order valence-electron chi connectivity index (χ2n) is 6.55. The minimum Gasteiger partial charge on any atom is -0.386 e. The zero-order chi connectivity index (χ0) is 14.5. The summed E-state index contributed by atoms with van der Waals surface area (Å²) in [6.07, 6.45) is 6.65. The first kappa shape index (κ1) is 15.0. The van der Waals surface area contributed by atoms with Crippen molar-refractivity contribution in [3.05, 3.63) is 35.9 Å². The number of rotatable bonds is 4. The van der Waals surface area contributed by atoms with E-state index in [1.165, 1.54) is 24.8 Å². The minimum atomic E-state index is -0.741. The van der Waals surface area contributed by atoms with Crippen LogP contribution in [0.2, 0.25) is 0 Å². The molecule has 116 valence electrons. The van der Waals surface area contributed by atoms with Crippen LogP contribution in [0.3, 0.4) is 0 Å². The van der Waals surface area contributed by atoms with Crippen molar-refractivity contribution in [2.45, 2.75) is 50.2 Å². The summed E-state index contributed by atoms with van der Waals surface area (Å²) in [6.45, 7) is 2.36. The van der Waals surface area contributed by atoms with Crippen molar-refractivity contribution in [1.29, 1.82) is 0 Å². The molecule has 0 radical (unpaired) electrons. The van der Waals surface area contributed by atoms with Crippen molar-refractivity contribution < 1.29 is 9.84 Å². The Kier molecular flexibility index (Phi) is 4.94. The first-order valence-corrected chi connectivity index (χ1v) is 8.37. The molecule has 3 heteroatoms. The maximum Gasteiger partial charge on any atom is 0.0992 e. The van der Waals surface area contributed by atoms with Gasteiger partial charge in [0.1, 0.15) is 0 Å². The van der Waals surface area contributed by atoms with E-state index in [1.54, 1.807) is 0 Å². The van der Waals surface area contributed by atoms with Crippen molar-refractivity contribution >= 4 is 0 Å². The van der Waals surface area contributed by atoms with Crippen molar-refractivity contribution in [3.63, 3.8) is 0 Å². The summed E-state index contributed by atoms with van der Waals surface area (Å²) in [5, 5.41) is 14.9. The zero-order valence-corrected chi connectivity index (χ0v) is 12.8. The molecule has 2 unspecified atom stereocenters. The van der Waals surface area contributed by atoms with Gasteiger partial charge in [-0.15, -0.1) is 0 Å². The van der Waals surface area contributed by atoms with Gasteiger partial charge in [-0.3, -0.25) is 0 Å². The van der Waals surface area contributed by atoms with Crippen LogP contribution in [-0.2, 0) is 11.2 Å². The molecule has 2 aliphatic rings. The summed E-state index contributed by atoms with van der Waals surface area (Å²) in [5.41, 5.74) is 0.467. The van der Waals surface area contributed by atoms with E-state index < -0.39 is 5.60 Å². The molecule has 0 spiro atoms. The molecule has 21 heavy (non-hydrogen) atoms. The van der Waals surface area contributed by atoms with E-state index in [-0.39, 0.29) is 6.10 Å². The standard InChI is InChI=1S/C18H27NO2/c20-18(16-9-5-2-6-10-16,17-14-19-11-12-21-17)13-15-7-3-1-4-8-15/h1,3-4,7-8,16-17,19-20H,2,5-6,9-14H2. The Morgan fingerprint density at radius 1 is 1.14 bits per heavy atom. The fourth-order valence-electron chi connectivity index (χ4n) is 3.93. The van der Waals surface area contributed by atoms with Gasteiger partial charge in [0.2, 0.25) is 0 Å². The van der Waals surface area contributed by atoms with Crippen LogP contribution in [0.1, 0.15) is 37.7 Å². The molecule has 2 fully saturated rings. The SMILES string of the molecule is OC(Cc1ccccc1)(C1CCCCC1)C1CNCCO1. The van der Waals surface area contributed by atoms with Crippen LogP contribution >= 0.6 is 0 Å². The third kappa shape index (κ3) is 3.47. The van der Waals surface area contributed by atoms with Gasteiger partial charge in [0.15, 0.2) is 0 Å². The molecule has 1 saturated carbocycles. The van der Waals surface area contributed by atoms with Crippen molar-refractivity contribution in [2.24, 2.45) is 5.92 Å². The topological polar surface area (TPSA) is 41.5 Å². The van der Waals surface area contributed by atoms with Crippen molar-refractivity contribution in [1.82, 2.24) is 5.32 Å². The molecule has 1 saturated heterocycles. The Morgan fingerprint density at radius 2 is 1.90 bits per heavy atom. The first-order valence-electron chi connectivity index (χ1n) is 8.37. The molecule has 0 bridgehead atoms. The molecule has 3 rings (SSSR count). The second kappa shape index (κ2) is 6.91. The van der Waals surface area contributed by atoms with Crippen LogP contribution in [0.4, 0.5) is 0 Å². The molecule has 2 atom stereocenters. The van der Waals surface area contributed by atoms with Crippen LogP contribution in [0.5, 0.6) is 0 Å². The summed E-state index contributed by atoms with van der Waals surface area (Å²) >= 11 is 0. The van der Waals surface area contributed by atoms with Gasteiger partial charge in [-0.25, -0.2) is 0 Å². The van der Waals surface area contributed by atoms with Crippen molar-refractivity contribution in [2.75, 3.05) is 19.7 Å². The maximum absolute atomic E-state index is 11.5. The van der Waals surface area contributed by atoms with E-state index in [2.05, 4.69) is 29.6 Å². The molecule has 1 aliphatic carbocycles. The number of hydrogen-bond donors (Lipinski definition) is 2. The van der Waals surface area contributed by atoms with Crippen molar-refractivity contribution in [3.8, 4) is 0 Å². The maximum atomic E-state index is 11.5. The highest BCUT2D eigenvalue weighted by atomic mass is 16.5. The summed E-state index contributed by atoms with van der Waals surface area (Å²) in [6, 6.07) is 10.4. The number of nitrogens with one attached hydrogen (secondary N) is 1. The summed E-state index contributed by atoms with van der Waals surface area (Å²) in [4.78, 5) is 0. The highest BCUT2D eigenvalue weighted by Crippen LogP contribution is 2.38. The molecular weight excluding hydrogens is 262 g/mol. The minimum absolute atomic E-state index is 0.0884. The predicted octanol–water partition coefficient (Wildman–Crippen LogP) is 2.53. The summed E-state index contributed by atoms with van der Waals surface area (Å²) in [5.74, 6) is 0.358. The smallest absolute Gasteiger partial charge is 0.0992 e. The monoisotopic (exact) mass is 289 g/mol. The lowest BCUT2D eigenvalue weighted by Crippen LogP contribution is -2.58.